The molecular weight excluding hydrogens is 396 g/mol. The Morgan fingerprint density at radius 3 is 2.67 bits per heavy atom. The first-order valence-corrected chi connectivity index (χ1v) is 9.51. The smallest absolute Gasteiger partial charge is 0.387 e. The number of alkyl halides is 2. The fourth-order valence-corrected chi connectivity index (χ4v) is 3.12. The average molecular weight is 419 g/mol. The van der Waals surface area contributed by atoms with Gasteiger partial charge in [-0.15, -0.1) is 0 Å². The van der Waals surface area contributed by atoms with Gasteiger partial charge in [-0.2, -0.15) is 8.78 Å². The molecule has 1 atom stereocenters. The Morgan fingerprint density at radius 2 is 1.97 bits per heavy atom. The van der Waals surface area contributed by atoms with E-state index in [-0.39, 0.29) is 23.4 Å². The van der Waals surface area contributed by atoms with Crippen LogP contribution >= 0.6 is 0 Å². The standard InChI is InChI=1S/C22H23F2NO5/c1-3-16(15-7-9-17-19(13-15)29-12-11-28-17)25-20(26)10-8-14-5-4-6-18(27-2)21(14)30-22(23)24/h4-10,13,16,22H,3,11-12H2,1-2H3,(H,25,26). The number of ether oxygens (including phenoxy) is 4. The van der Waals surface area contributed by atoms with Gasteiger partial charge in [-0.1, -0.05) is 25.1 Å². The van der Waals surface area contributed by atoms with E-state index < -0.39 is 6.61 Å². The lowest BCUT2D eigenvalue weighted by Gasteiger charge is -2.22. The van der Waals surface area contributed by atoms with Gasteiger partial charge in [-0.05, 0) is 36.3 Å². The second-order valence-electron chi connectivity index (χ2n) is 6.46. The maximum atomic E-state index is 12.7. The summed E-state index contributed by atoms with van der Waals surface area (Å²) >= 11 is 0. The Hall–Kier alpha value is -3.29. The summed E-state index contributed by atoms with van der Waals surface area (Å²) in [6.45, 7) is -0.0809. The van der Waals surface area contributed by atoms with Gasteiger partial charge in [0.25, 0.3) is 0 Å². The molecule has 1 heterocycles. The van der Waals surface area contributed by atoms with Crippen LogP contribution in [-0.2, 0) is 4.79 Å². The van der Waals surface area contributed by atoms with Crippen LogP contribution in [0.5, 0.6) is 23.0 Å². The number of hydrogen-bond acceptors (Lipinski definition) is 5. The molecule has 0 saturated carbocycles. The summed E-state index contributed by atoms with van der Waals surface area (Å²) in [4.78, 5) is 12.5. The molecule has 0 spiro atoms. The molecule has 3 rings (SSSR count). The number of para-hydroxylation sites is 1. The van der Waals surface area contributed by atoms with Gasteiger partial charge in [-0.3, -0.25) is 4.79 Å². The fraction of sp³-hybridized carbons (Fsp3) is 0.318. The molecule has 160 valence electrons. The van der Waals surface area contributed by atoms with Crippen molar-refractivity contribution < 1.29 is 32.5 Å². The van der Waals surface area contributed by atoms with Crippen LogP contribution in [0, 0.1) is 0 Å². The molecular formula is C22H23F2NO5. The first kappa shape index (κ1) is 21.4. The van der Waals surface area contributed by atoms with Crippen molar-refractivity contribution in [3.8, 4) is 23.0 Å². The zero-order valence-corrected chi connectivity index (χ0v) is 16.7. The number of benzene rings is 2. The number of fused-ring (bicyclic) bond motifs is 1. The number of amides is 1. The molecule has 1 aliphatic heterocycles. The molecule has 0 fully saturated rings. The number of halogens is 2. The molecule has 1 N–H and O–H groups in total. The minimum absolute atomic E-state index is 0.127. The maximum absolute atomic E-state index is 12.7. The summed E-state index contributed by atoms with van der Waals surface area (Å²) < 4.78 is 46.2. The molecule has 0 aromatic heterocycles. The first-order valence-electron chi connectivity index (χ1n) is 9.51. The van der Waals surface area contributed by atoms with Crippen LogP contribution in [0.2, 0.25) is 0 Å². The summed E-state index contributed by atoms with van der Waals surface area (Å²) in [5.41, 5.74) is 1.18. The highest BCUT2D eigenvalue weighted by molar-refractivity contribution is 5.92. The predicted octanol–water partition coefficient (Wildman–Crippen LogP) is 4.35. The van der Waals surface area contributed by atoms with Crippen molar-refractivity contribution in [2.45, 2.75) is 26.0 Å². The van der Waals surface area contributed by atoms with Crippen molar-refractivity contribution in [1.29, 1.82) is 0 Å². The van der Waals surface area contributed by atoms with E-state index in [0.29, 0.717) is 36.7 Å². The van der Waals surface area contributed by atoms with Crippen molar-refractivity contribution in [3.63, 3.8) is 0 Å². The minimum atomic E-state index is -3.01. The van der Waals surface area contributed by atoms with E-state index in [1.54, 1.807) is 12.1 Å². The van der Waals surface area contributed by atoms with Crippen LogP contribution in [0.3, 0.4) is 0 Å². The number of rotatable bonds is 8. The van der Waals surface area contributed by atoms with Crippen LogP contribution in [0.1, 0.15) is 30.5 Å². The zero-order chi connectivity index (χ0) is 21.5. The van der Waals surface area contributed by atoms with E-state index in [2.05, 4.69) is 10.1 Å². The molecule has 8 heteroatoms. The number of carbonyl (C=O) groups excluding carboxylic acids is 1. The van der Waals surface area contributed by atoms with Crippen LogP contribution in [0.25, 0.3) is 6.08 Å². The monoisotopic (exact) mass is 419 g/mol. The van der Waals surface area contributed by atoms with E-state index in [1.165, 1.54) is 25.3 Å². The lowest BCUT2D eigenvalue weighted by molar-refractivity contribution is -0.117. The zero-order valence-electron chi connectivity index (χ0n) is 16.7. The topological polar surface area (TPSA) is 66.0 Å². The van der Waals surface area contributed by atoms with Crippen LogP contribution in [0.4, 0.5) is 8.78 Å². The lowest BCUT2D eigenvalue weighted by Crippen LogP contribution is -2.26. The van der Waals surface area contributed by atoms with Crippen LogP contribution in [0.15, 0.2) is 42.5 Å². The summed E-state index contributed by atoms with van der Waals surface area (Å²) in [5, 5.41) is 2.91. The molecule has 30 heavy (non-hydrogen) atoms. The van der Waals surface area contributed by atoms with Gasteiger partial charge in [0, 0.05) is 11.6 Å². The van der Waals surface area contributed by atoms with Gasteiger partial charge in [0.05, 0.1) is 13.2 Å². The van der Waals surface area contributed by atoms with Crippen LogP contribution in [-0.4, -0.2) is 32.8 Å². The third kappa shape index (κ3) is 5.20. The first-order chi connectivity index (χ1) is 14.5. The predicted molar refractivity (Wildman–Crippen MR) is 107 cm³/mol. The summed E-state index contributed by atoms with van der Waals surface area (Å²) in [6, 6.07) is 9.98. The van der Waals surface area contributed by atoms with E-state index in [4.69, 9.17) is 14.2 Å². The lowest BCUT2D eigenvalue weighted by atomic mass is 10.0. The van der Waals surface area contributed by atoms with Crippen molar-refractivity contribution in [3.05, 3.63) is 53.6 Å². The normalized spacial score (nSPS) is 13.9. The van der Waals surface area contributed by atoms with Gasteiger partial charge < -0.3 is 24.3 Å². The molecule has 0 bridgehead atoms. The van der Waals surface area contributed by atoms with E-state index >= 15 is 0 Å². The Labute approximate surface area is 173 Å². The molecule has 1 aliphatic rings. The summed E-state index contributed by atoms with van der Waals surface area (Å²) in [5.74, 6) is 0.976. The third-order valence-corrected chi connectivity index (χ3v) is 4.54. The molecule has 6 nitrogen and oxygen atoms in total. The molecule has 0 radical (unpaired) electrons. The van der Waals surface area contributed by atoms with Crippen molar-refractivity contribution in [2.75, 3.05) is 20.3 Å². The number of carbonyl (C=O) groups is 1. The van der Waals surface area contributed by atoms with Gasteiger partial charge in [0.2, 0.25) is 5.91 Å². The van der Waals surface area contributed by atoms with Crippen molar-refractivity contribution in [2.24, 2.45) is 0 Å². The molecule has 1 amide bonds. The second-order valence-corrected chi connectivity index (χ2v) is 6.46. The largest absolute Gasteiger partial charge is 0.493 e. The molecule has 1 unspecified atom stereocenters. The Morgan fingerprint density at radius 1 is 1.20 bits per heavy atom. The Bertz CT molecular complexity index is 916. The summed E-state index contributed by atoms with van der Waals surface area (Å²) in [6.07, 6.45) is 3.33. The quantitative estimate of drug-likeness (QED) is 0.645. The van der Waals surface area contributed by atoms with E-state index in [0.717, 1.165) is 5.56 Å². The average Bonchev–Trinajstić information content (AvgIpc) is 2.76. The maximum Gasteiger partial charge on any atom is 0.387 e. The highest BCUT2D eigenvalue weighted by Gasteiger charge is 2.18. The van der Waals surface area contributed by atoms with Crippen molar-refractivity contribution in [1.82, 2.24) is 5.32 Å². The van der Waals surface area contributed by atoms with Gasteiger partial charge in [0.15, 0.2) is 23.0 Å². The number of methoxy groups -OCH3 is 1. The molecule has 2 aromatic rings. The molecule has 0 saturated heterocycles. The Kier molecular flexibility index (Phi) is 7.11. The fourth-order valence-electron chi connectivity index (χ4n) is 3.12. The van der Waals surface area contributed by atoms with Gasteiger partial charge in [-0.25, -0.2) is 0 Å². The highest BCUT2D eigenvalue weighted by atomic mass is 19.3. The number of hydrogen-bond donors (Lipinski definition) is 1. The van der Waals surface area contributed by atoms with Gasteiger partial charge >= 0.3 is 6.61 Å². The second kappa shape index (κ2) is 9.96. The third-order valence-electron chi connectivity index (χ3n) is 4.54. The number of nitrogens with one attached hydrogen (secondary N) is 1. The van der Waals surface area contributed by atoms with E-state index in [9.17, 15) is 13.6 Å². The van der Waals surface area contributed by atoms with Crippen molar-refractivity contribution >= 4 is 12.0 Å². The van der Waals surface area contributed by atoms with Crippen LogP contribution < -0.4 is 24.3 Å². The molecule has 0 aliphatic carbocycles. The summed E-state index contributed by atoms with van der Waals surface area (Å²) in [7, 11) is 1.35. The molecule has 2 aromatic carbocycles. The SMILES string of the molecule is CCC(NC(=O)C=Cc1cccc(OC)c1OC(F)F)c1ccc2c(c1)OCCO2. The minimum Gasteiger partial charge on any atom is -0.493 e. The van der Waals surface area contributed by atoms with Gasteiger partial charge in [0.1, 0.15) is 13.2 Å². The Balaban J connectivity index is 1.73. The van der Waals surface area contributed by atoms with E-state index in [1.807, 2.05) is 25.1 Å². The highest BCUT2D eigenvalue weighted by Crippen LogP contribution is 2.34.